The second-order valence-corrected chi connectivity index (χ2v) is 4.81. The predicted octanol–water partition coefficient (Wildman–Crippen LogP) is 2.01. The minimum atomic E-state index is -0.136. The summed E-state index contributed by atoms with van der Waals surface area (Å²) in [5.41, 5.74) is 1.20. The Bertz CT molecular complexity index is 456. The Hall–Kier alpha value is -1.71. The molecular formula is C13H17N3O. The van der Waals surface area contributed by atoms with E-state index in [4.69, 9.17) is 0 Å². The van der Waals surface area contributed by atoms with Crippen molar-refractivity contribution in [2.24, 2.45) is 0 Å². The van der Waals surface area contributed by atoms with Crippen molar-refractivity contribution in [1.82, 2.24) is 15.5 Å². The molecule has 1 atom stereocenters. The summed E-state index contributed by atoms with van der Waals surface area (Å²) < 4.78 is 0. The first-order valence-electron chi connectivity index (χ1n) is 5.86. The van der Waals surface area contributed by atoms with Crippen molar-refractivity contribution < 1.29 is 4.79 Å². The first-order valence-corrected chi connectivity index (χ1v) is 5.86. The number of allylic oxidation sites excluding steroid dienone is 1. The lowest BCUT2D eigenvalue weighted by molar-refractivity contribution is 0.0900. The molecule has 0 bridgehead atoms. The van der Waals surface area contributed by atoms with E-state index in [1.165, 1.54) is 6.20 Å². The predicted molar refractivity (Wildman–Crippen MR) is 65.6 cm³/mol. The van der Waals surface area contributed by atoms with Crippen LogP contribution in [-0.2, 0) is 0 Å². The molecule has 1 unspecified atom stereocenters. The summed E-state index contributed by atoms with van der Waals surface area (Å²) in [6, 6.07) is 1.75. The maximum atomic E-state index is 12.1. The number of rotatable bonds is 2. The van der Waals surface area contributed by atoms with Crippen LogP contribution in [0.4, 0.5) is 0 Å². The number of aryl methyl sites for hydroxylation is 1. The van der Waals surface area contributed by atoms with Gasteiger partial charge >= 0.3 is 0 Å². The lowest BCUT2D eigenvalue weighted by Gasteiger charge is -2.31. The SMILES string of the molecule is Cc1cc(C(=O)NC2(C)CC=CCC2)cnn1. The summed E-state index contributed by atoms with van der Waals surface area (Å²) in [7, 11) is 0. The fourth-order valence-electron chi connectivity index (χ4n) is 2.02. The van der Waals surface area contributed by atoms with Crippen LogP contribution in [0.2, 0.25) is 0 Å². The summed E-state index contributed by atoms with van der Waals surface area (Å²) in [5.74, 6) is -0.0687. The van der Waals surface area contributed by atoms with Gasteiger partial charge in [-0.15, -0.1) is 0 Å². The molecule has 0 aromatic carbocycles. The van der Waals surface area contributed by atoms with Gasteiger partial charge in [0.05, 0.1) is 17.5 Å². The molecule has 0 saturated heterocycles. The Morgan fingerprint density at radius 1 is 1.47 bits per heavy atom. The van der Waals surface area contributed by atoms with Gasteiger partial charge in [0.15, 0.2) is 0 Å². The fraction of sp³-hybridized carbons (Fsp3) is 0.462. The second-order valence-electron chi connectivity index (χ2n) is 4.81. The van der Waals surface area contributed by atoms with E-state index in [1.807, 2.05) is 6.92 Å². The molecule has 1 amide bonds. The molecule has 2 rings (SSSR count). The normalized spacial score (nSPS) is 23.4. The molecule has 0 saturated carbocycles. The van der Waals surface area contributed by atoms with Crippen LogP contribution in [0, 0.1) is 6.92 Å². The van der Waals surface area contributed by atoms with E-state index in [0.29, 0.717) is 5.56 Å². The van der Waals surface area contributed by atoms with Crippen molar-refractivity contribution in [3.8, 4) is 0 Å². The fourth-order valence-corrected chi connectivity index (χ4v) is 2.02. The monoisotopic (exact) mass is 231 g/mol. The number of nitrogens with zero attached hydrogens (tertiary/aromatic N) is 2. The van der Waals surface area contributed by atoms with Gasteiger partial charge < -0.3 is 5.32 Å². The Labute approximate surface area is 101 Å². The lowest BCUT2D eigenvalue weighted by Crippen LogP contribution is -2.46. The van der Waals surface area contributed by atoms with E-state index in [1.54, 1.807) is 6.07 Å². The van der Waals surface area contributed by atoms with E-state index in [9.17, 15) is 4.79 Å². The van der Waals surface area contributed by atoms with Crippen LogP contribution in [-0.4, -0.2) is 21.6 Å². The van der Waals surface area contributed by atoms with Crippen molar-refractivity contribution in [1.29, 1.82) is 0 Å². The Balaban J connectivity index is 2.09. The average molecular weight is 231 g/mol. The van der Waals surface area contributed by atoms with Gasteiger partial charge in [-0.3, -0.25) is 4.79 Å². The topological polar surface area (TPSA) is 54.9 Å². The summed E-state index contributed by atoms with van der Waals surface area (Å²) in [4.78, 5) is 12.1. The number of amides is 1. The lowest BCUT2D eigenvalue weighted by atomic mass is 9.87. The van der Waals surface area contributed by atoms with Crippen molar-refractivity contribution in [3.05, 3.63) is 35.7 Å². The van der Waals surface area contributed by atoms with E-state index >= 15 is 0 Å². The van der Waals surface area contributed by atoms with Gasteiger partial charge in [0.25, 0.3) is 5.91 Å². The van der Waals surface area contributed by atoms with Crippen LogP contribution >= 0.6 is 0 Å². The third-order valence-corrected chi connectivity index (χ3v) is 3.05. The van der Waals surface area contributed by atoms with Gasteiger partial charge in [0, 0.05) is 5.54 Å². The molecule has 1 aromatic heterocycles. The minimum absolute atomic E-state index is 0.0687. The standard InChI is InChI=1S/C13H17N3O/c1-10-8-11(9-14-16-10)12(17)15-13(2)6-4-3-5-7-13/h3-4,8-9H,5-7H2,1-2H3,(H,15,17). The molecule has 1 heterocycles. The summed E-state index contributed by atoms with van der Waals surface area (Å²) >= 11 is 0. The number of nitrogens with one attached hydrogen (secondary N) is 1. The highest BCUT2D eigenvalue weighted by molar-refractivity contribution is 5.94. The molecule has 1 aliphatic carbocycles. The minimum Gasteiger partial charge on any atom is -0.347 e. The van der Waals surface area contributed by atoms with Gasteiger partial charge in [0.1, 0.15) is 0 Å². The van der Waals surface area contributed by atoms with Crippen LogP contribution < -0.4 is 5.32 Å². The summed E-state index contributed by atoms with van der Waals surface area (Å²) in [6.45, 7) is 3.91. The first-order chi connectivity index (χ1) is 8.09. The largest absolute Gasteiger partial charge is 0.347 e. The molecule has 1 aromatic rings. The number of hydrogen-bond donors (Lipinski definition) is 1. The molecule has 1 N–H and O–H groups in total. The number of hydrogen-bond acceptors (Lipinski definition) is 3. The molecule has 0 aliphatic heterocycles. The molecule has 0 fully saturated rings. The van der Waals surface area contributed by atoms with Crippen molar-refractivity contribution >= 4 is 5.91 Å². The highest BCUT2D eigenvalue weighted by atomic mass is 16.1. The van der Waals surface area contributed by atoms with Gasteiger partial charge in [-0.1, -0.05) is 12.2 Å². The zero-order valence-electron chi connectivity index (χ0n) is 10.2. The van der Waals surface area contributed by atoms with E-state index in [0.717, 1.165) is 25.0 Å². The molecule has 4 nitrogen and oxygen atoms in total. The van der Waals surface area contributed by atoms with Gasteiger partial charge in [-0.2, -0.15) is 10.2 Å². The van der Waals surface area contributed by atoms with E-state index < -0.39 is 0 Å². The highest BCUT2D eigenvalue weighted by Gasteiger charge is 2.26. The molecule has 4 heteroatoms. The molecular weight excluding hydrogens is 214 g/mol. The first kappa shape index (κ1) is 11.8. The Kier molecular flexibility index (Phi) is 3.22. The summed E-state index contributed by atoms with van der Waals surface area (Å²) in [5, 5.41) is 10.7. The maximum Gasteiger partial charge on any atom is 0.253 e. The van der Waals surface area contributed by atoms with Gasteiger partial charge in [0.2, 0.25) is 0 Å². The zero-order valence-corrected chi connectivity index (χ0v) is 10.2. The Morgan fingerprint density at radius 3 is 2.94 bits per heavy atom. The molecule has 0 radical (unpaired) electrons. The number of carbonyl (C=O) groups excluding carboxylic acids is 1. The second kappa shape index (κ2) is 4.65. The van der Waals surface area contributed by atoms with Crippen LogP contribution in [0.25, 0.3) is 0 Å². The van der Waals surface area contributed by atoms with Crippen molar-refractivity contribution in [2.75, 3.05) is 0 Å². The van der Waals surface area contributed by atoms with E-state index in [-0.39, 0.29) is 11.4 Å². The number of carbonyl (C=O) groups is 1. The third-order valence-electron chi connectivity index (χ3n) is 3.05. The average Bonchev–Trinajstić information content (AvgIpc) is 2.29. The number of aromatic nitrogens is 2. The van der Waals surface area contributed by atoms with Gasteiger partial charge in [-0.05, 0) is 39.2 Å². The van der Waals surface area contributed by atoms with Crippen LogP contribution in [0.5, 0.6) is 0 Å². The van der Waals surface area contributed by atoms with Gasteiger partial charge in [-0.25, -0.2) is 0 Å². The smallest absolute Gasteiger partial charge is 0.253 e. The molecule has 1 aliphatic rings. The van der Waals surface area contributed by atoms with E-state index in [2.05, 4.69) is 34.6 Å². The molecule has 0 spiro atoms. The molecule has 17 heavy (non-hydrogen) atoms. The summed E-state index contributed by atoms with van der Waals surface area (Å²) in [6.07, 6.45) is 8.67. The van der Waals surface area contributed by atoms with Crippen LogP contribution in [0.3, 0.4) is 0 Å². The quantitative estimate of drug-likeness (QED) is 0.792. The maximum absolute atomic E-state index is 12.1. The highest BCUT2D eigenvalue weighted by Crippen LogP contribution is 2.23. The van der Waals surface area contributed by atoms with Crippen molar-refractivity contribution in [3.63, 3.8) is 0 Å². The Morgan fingerprint density at radius 2 is 2.29 bits per heavy atom. The molecule has 90 valence electrons. The van der Waals surface area contributed by atoms with Crippen LogP contribution in [0.15, 0.2) is 24.4 Å². The van der Waals surface area contributed by atoms with Crippen molar-refractivity contribution in [2.45, 2.75) is 38.6 Å². The zero-order chi connectivity index (χ0) is 12.3. The van der Waals surface area contributed by atoms with Crippen LogP contribution in [0.1, 0.15) is 42.2 Å². The third kappa shape index (κ3) is 2.90.